The van der Waals surface area contributed by atoms with Gasteiger partial charge in [-0.3, -0.25) is 0 Å². The van der Waals surface area contributed by atoms with E-state index in [9.17, 15) is 4.79 Å². The lowest BCUT2D eigenvalue weighted by atomic mass is 9.88. The van der Waals surface area contributed by atoms with Gasteiger partial charge >= 0.3 is 5.97 Å². The van der Waals surface area contributed by atoms with Gasteiger partial charge in [0.15, 0.2) is 0 Å². The minimum atomic E-state index is -0.426. The van der Waals surface area contributed by atoms with E-state index in [1.54, 1.807) is 30.2 Å². The molecule has 0 atom stereocenters. The van der Waals surface area contributed by atoms with Gasteiger partial charge in [0.2, 0.25) is 0 Å². The van der Waals surface area contributed by atoms with E-state index < -0.39 is 5.97 Å². The number of benzene rings is 1. The smallest absolute Gasteiger partial charge is 0.331 e. The van der Waals surface area contributed by atoms with Crippen molar-refractivity contribution in [3.05, 3.63) is 40.8 Å². The number of methoxy groups -OCH3 is 1. The minimum Gasteiger partial charge on any atom is -0.492 e. The van der Waals surface area contributed by atoms with E-state index in [2.05, 4.69) is 16.6 Å². The number of ether oxygens (including phenoxy) is 3. The first-order valence-electron chi connectivity index (χ1n) is 9.51. The number of rotatable bonds is 5. The monoisotopic (exact) mass is 433 g/mol. The molecule has 0 saturated carbocycles. The molecule has 2 aliphatic heterocycles. The highest BCUT2D eigenvalue weighted by molar-refractivity contribution is 8.01. The zero-order valence-corrected chi connectivity index (χ0v) is 18.1. The van der Waals surface area contributed by atoms with Gasteiger partial charge in [0, 0.05) is 57.0 Å². The highest BCUT2D eigenvalue weighted by Gasteiger charge is 2.35. The van der Waals surface area contributed by atoms with E-state index in [1.807, 2.05) is 18.2 Å². The minimum absolute atomic E-state index is 0.241. The maximum absolute atomic E-state index is 11.0. The van der Waals surface area contributed by atoms with Gasteiger partial charge in [0.05, 0.1) is 22.1 Å². The summed E-state index contributed by atoms with van der Waals surface area (Å²) < 4.78 is 18.4. The number of carbonyl (C=O) groups is 1. The van der Waals surface area contributed by atoms with E-state index in [-0.39, 0.29) is 5.60 Å². The van der Waals surface area contributed by atoms with Crippen LogP contribution >= 0.6 is 23.1 Å². The van der Waals surface area contributed by atoms with Gasteiger partial charge in [-0.1, -0.05) is 16.9 Å². The molecule has 8 heteroatoms. The molecule has 0 spiro atoms. The lowest BCUT2D eigenvalue weighted by Crippen LogP contribution is -2.35. The van der Waals surface area contributed by atoms with Crippen LogP contribution in [0.2, 0.25) is 0 Å². The molecule has 1 fully saturated rings. The van der Waals surface area contributed by atoms with Gasteiger partial charge in [0.1, 0.15) is 5.75 Å². The molecule has 1 aromatic heterocycles. The number of hydrogen-bond donors (Lipinski definition) is 0. The second kappa shape index (κ2) is 8.87. The summed E-state index contributed by atoms with van der Waals surface area (Å²) in [7, 11) is 1.78. The topological polar surface area (TPSA) is 66.3 Å². The third-order valence-electron chi connectivity index (χ3n) is 5.16. The molecule has 0 radical (unpaired) electrons. The fraction of sp³-hybridized carbons (Fsp3) is 0.429. The number of oxime groups is 1. The SMILES string of the molecule is COC1(c2csc(Sc3ccc4c(c3)OCCC4=NOC(C)=O)c2)CCOCC1. The van der Waals surface area contributed by atoms with Crippen LogP contribution in [-0.4, -0.2) is 38.6 Å². The van der Waals surface area contributed by atoms with Crippen molar-refractivity contribution < 1.29 is 23.8 Å². The summed E-state index contributed by atoms with van der Waals surface area (Å²) in [4.78, 5) is 16.9. The van der Waals surface area contributed by atoms with Crippen molar-refractivity contribution in [3.63, 3.8) is 0 Å². The zero-order valence-electron chi connectivity index (χ0n) is 16.4. The van der Waals surface area contributed by atoms with Crippen molar-refractivity contribution in [1.29, 1.82) is 0 Å². The Morgan fingerprint density at radius 1 is 1.24 bits per heavy atom. The Morgan fingerprint density at radius 2 is 2.07 bits per heavy atom. The van der Waals surface area contributed by atoms with Crippen LogP contribution in [0.1, 0.15) is 37.3 Å². The molecule has 1 aromatic carbocycles. The Balaban J connectivity index is 1.52. The Kier molecular flexibility index (Phi) is 6.24. The molecular formula is C21H23NO5S2. The molecule has 0 amide bonds. The van der Waals surface area contributed by atoms with Crippen molar-refractivity contribution in [2.45, 2.75) is 40.9 Å². The second-order valence-corrected chi connectivity index (χ2v) is 9.23. The number of fused-ring (bicyclic) bond motifs is 1. The first kappa shape index (κ1) is 20.4. The average molecular weight is 434 g/mol. The second-order valence-electron chi connectivity index (χ2n) is 6.94. The molecule has 2 aliphatic rings. The first-order chi connectivity index (χ1) is 14.1. The van der Waals surface area contributed by atoms with E-state index in [0.29, 0.717) is 13.0 Å². The molecule has 0 bridgehead atoms. The molecule has 6 nitrogen and oxygen atoms in total. The van der Waals surface area contributed by atoms with Crippen LogP contribution in [0.3, 0.4) is 0 Å². The van der Waals surface area contributed by atoms with Crippen LogP contribution in [0.4, 0.5) is 0 Å². The highest BCUT2D eigenvalue weighted by atomic mass is 32.2. The van der Waals surface area contributed by atoms with Crippen molar-refractivity contribution in [3.8, 4) is 5.75 Å². The summed E-state index contributed by atoms with van der Waals surface area (Å²) >= 11 is 3.42. The Labute approximate surface area is 178 Å². The molecule has 1 saturated heterocycles. The van der Waals surface area contributed by atoms with E-state index in [4.69, 9.17) is 19.0 Å². The molecule has 0 unspecified atom stereocenters. The van der Waals surface area contributed by atoms with Gasteiger partial charge in [-0.25, -0.2) is 4.79 Å². The summed E-state index contributed by atoms with van der Waals surface area (Å²) in [6.45, 7) is 3.31. The molecule has 4 rings (SSSR count). The Bertz CT molecular complexity index is 918. The van der Waals surface area contributed by atoms with Crippen molar-refractivity contribution >= 4 is 34.8 Å². The third-order valence-corrected chi connectivity index (χ3v) is 7.23. The van der Waals surface area contributed by atoms with Crippen LogP contribution < -0.4 is 4.74 Å². The first-order valence-corrected chi connectivity index (χ1v) is 11.2. The van der Waals surface area contributed by atoms with Crippen LogP contribution in [0, 0.1) is 0 Å². The Morgan fingerprint density at radius 3 is 2.83 bits per heavy atom. The summed E-state index contributed by atoms with van der Waals surface area (Å²) in [5.74, 6) is 0.339. The van der Waals surface area contributed by atoms with Crippen molar-refractivity contribution in [2.75, 3.05) is 26.9 Å². The van der Waals surface area contributed by atoms with Gasteiger partial charge in [0.25, 0.3) is 0 Å². The predicted octanol–water partition coefficient (Wildman–Crippen LogP) is 4.60. The summed E-state index contributed by atoms with van der Waals surface area (Å²) in [5.41, 5.74) is 2.59. The fourth-order valence-corrected chi connectivity index (χ4v) is 5.63. The van der Waals surface area contributed by atoms with Crippen LogP contribution in [0.25, 0.3) is 0 Å². The average Bonchev–Trinajstić information content (AvgIpc) is 3.21. The van der Waals surface area contributed by atoms with Crippen molar-refractivity contribution in [1.82, 2.24) is 0 Å². The maximum Gasteiger partial charge on any atom is 0.331 e. The number of nitrogens with zero attached hydrogens (tertiary/aromatic N) is 1. The highest BCUT2D eigenvalue weighted by Crippen LogP contribution is 2.42. The molecule has 2 aromatic rings. The molecule has 3 heterocycles. The quantitative estimate of drug-likeness (QED) is 0.507. The predicted molar refractivity (Wildman–Crippen MR) is 112 cm³/mol. The van der Waals surface area contributed by atoms with Gasteiger partial charge in [-0.2, -0.15) is 0 Å². The maximum atomic E-state index is 11.0. The third kappa shape index (κ3) is 4.50. The van der Waals surface area contributed by atoms with Crippen molar-refractivity contribution in [2.24, 2.45) is 5.16 Å². The number of carbonyl (C=O) groups excluding carboxylic acids is 1. The van der Waals surface area contributed by atoms with E-state index in [0.717, 1.165) is 48.0 Å². The summed E-state index contributed by atoms with van der Waals surface area (Å²) in [6, 6.07) is 8.25. The number of thiophene rings is 1. The van der Waals surface area contributed by atoms with E-state index >= 15 is 0 Å². The van der Waals surface area contributed by atoms with Gasteiger partial charge < -0.3 is 19.0 Å². The van der Waals surface area contributed by atoms with Crippen LogP contribution in [0.15, 0.2) is 43.9 Å². The van der Waals surface area contributed by atoms with E-state index in [1.165, 1.54) is 16.7 Å². The summed E-state index contributed by atoms with van der Waals surface area (Å²) in [5, 5.41) is 6.16. The molecule has 29 heavy (non-hydrogen) atoms. The van der Waals surface area contributed by atoms with Crippen LogP contribution in [-0.2, 0) is 24.7 Å². The molecular weight excluding hydrogens is 410 g/mol. The number of hydrogen-bond acceptors (Lipinski definition) is 8. The fourth-order valence-electron chi connectivity index (χ4n) is 3.57. The van der Waals surface area contributed by atoms with Gasteiger partial charge in [-0.15, -0.1) is 11.3 Å². The van der Waals surface area contributed by atoms with Gasteiger partial charge in [-0.05, 0) is 35.2 Å². The molecule has 154 valence electrons. The summed E-state index contributed by atoms with van der Waals surface area (Å²) in [6.07, 6.45) is 2.37. The standard InChI is InChI=1S/C21H23NO5S2/c1-14(23)27-22-18-5-8-26-19-12-16(3-4-17(18)19)29-20-11-15(13-28-20)21(24-2)6-9-25-10-7-21/h3-4,11-13H,5-10H2,1-2H3. The van der Waals surface area contributed by atoms with Crippen LogP contribution in [0.5, 0.6) is 5.75 Å². The molecule has 0 N–H and O–H groups in total. The normalized spacial score (nSPS) is 19.4. The lowest BCUT2D eigenvalue weighted by Gasteiger charge is -2.35. The Hall–Kier alpha value is -1.87. The lowest BCUT2D eigenvalue weighted by molar-refractivity contribution is -0.140. The molecule has 0 aliphatic carbocycles. The zero-order chi connectivity index (χ0) is 20.3. The largest absolute Gasteiger partial charge is 0.492 e.